The second-order valence-corrected chi connectivity index (χ2v) is 4.20. The van der Waals surface area contributed by atoms with Crippen LogP contribution in [0.25, 0.3) is 0 Å². The summed E-state index contributed by atoms with van der Waals surface area (Å²) in [5.74, 6) is -0.557. The molecule has 0 aliphatic carbocycles. The van der Waals surface area contributed by atoms with Crippen molar-refractivity contribution in [1.29, 1.82) is 0 Å². The van der Waals surface area contributed by atoms with Gasteiger partial charge in [0.05, 0.1) is 5.57 Å². The lowest BCUT2D eigenvalue weighted by Gasteiger charge is -2.36. The maximum atomic E-state index is 11.1. The standard InChI is InChI=1S/C10H17N5O2/c1-14-2-4-15(5-3-14)10-11-6-8(7-12-10)9(16)13-17/h6-7,10-11,17H,2-5H2,1H3,(H,13,16). The Bertz CT molecular complexity index is 347. The van der Waals surface area contributed by atoms with Crippen molar-refractivity contribution < 1.29 is 10.0 Å². The lowest BCUT2D eigenvalue weighted by atomic mass is 10.2. The van der Waals surface area contributed by atoms with Crippen molar-refractivity contribution in [2.24, 2.45) is 4.99 Å². The molecule has 0 bridgehead atoms. The van der Waals surface area contributed by atoms with Gasteiger partial charge in [-0.05, 0) is 7.05 Å². The van der Waals surface area contributed by atoms with Gasteiger partial charge in [-0.1, -0.05) is 0 Å². The molecule has 0 spiro atoms. The fourth-order valence-corrected chi connectivity index (χ4v) is 1.85. The SMILES string of the molecule is CN1CCN(C2N=CC(C(=O)NO)=CN2)CC1. The number of carbonyl (C=O) groups is 1. The van der Waals surface area contributed by atoms with Crippen LogP contribution in [0.5, 0.6) is 0 Å². The zero-order chi connectivity index (χ0) is 12.3. The number of aliphatic imine (C=N–C) groups is 1. The van der Waals surface area contributed by atoms with E-state index >= 15 is 0 Å². The maximum Gasteiger partial charge on any atom is 0.277 e. The highest BCUT2D eigenvalue weighted by molar-refractivity contribution is 6.11. The van der Waals surface area contributed by atoms with Crippen LogP contribution in [0.1, 0.15) is 0 Å². The zero-order valence-corrected chi connectivity index (χ0v) is 9.76. The average molecular weight is 239 g/mol. The Morgan fingerprint density at radius 3 is 2.76 bits per heavy atom. The number of nitrogens with zero attached hydrogens (tertiary/aromatic N) is 3. The van der Waals surface area contributed by atoms with E-state index in [1.54, 1.807) is 11.7 Å². The van der Waals surface area contributed by atoms with Gasteiger partial charge in [0, 0.05) is 38.6 Å². The van der Waals surface area contributed by atoms with Crippen LogP contribution in [0, 0.1) is 0 Å². The number of carbonyl (C=O) groups excluding carboxylic acids is 1. The fraction of sp³-hybridized carbons (Fsp3) is 0.600. The molecule has 1 unspecified atom stereocenters. The predicted octanol–water partition coefficient (Wildman–Crippen LogP) is -1.42. The van der Waals surface area contributed by atoms with Gasteiger partial charge >= 0.3 is 0 Å². The normalized spacial score (nSPS) is 26.2. The van der Waals surface area contributed by atoms with Gasteiger partial charge in [-0.2, -0.15) is 0 Å². The van der Waals surface area contributed by atoms with Crippen LogP contribution < -0.4 is 10.8 Å². The van der Waals surface area contributed by atoms with Crippen molar-refractivity contribution in [1.82, 2.24) is 20.6 Å². The molecule has 2 heterocycles. The molecular weight excluding hydrogens is 222 g/mol. The predicted molar refractivity (Wildman–Crippen MR) is 62.5 cm³/mol. The number of likely N-dealkylation sites (N-methyl/N-ethyl adjacent to an activating group) is 1. The maximum absolute atomic E-state index is 11.1. The van der Waals surface area contributed by atoms with E-state index in [2.05, 4.69) is 27.2 Å². The number of rotatable bonds is 2. The van der Waals surface area contributed by atoms with Crippen molar-refractivity contribution in [3.8, 4) is 0 Å². The second kappa shape index (κ2) is 5.26. The van der Waals surface area contributed by atoms with E-state index < -0.39 is 5.91 Å². The smallest absolute Gasteiger partial charge is 0.277 e. The minimum atomic E-state index is -0.557. The summed E-state index contributed by atoms with van der Waals surface area (Å²) >= 11 is 0. The van der Waals surface area contributed by atoms with Gasteiger partial charge in [0.15, 0.2) is 6.29 Å². The Hall–Kier alpha value is -1.44. The Balaban J connectivity index is 1.89. The lowest BCUT2D eigenvalue weighted by Crippen LogP contribution is -2.53. The number of amides is 1. The summed E-state index contributed by atoms with van der Waals surface area (Å²) < 4.78 is 0. The summed E-state index contributed by atoms with van der Waals surface area (Å²) in [6.45, 7) is 3.92. The molecule has 1 atom stereocenters. The lowest BCUT2D eigenvalue weighted by molar-refractivity contribution is -0.124. The Morgan fingerprint density at radius 2 is 2.24 bits per heavy atom. The molecule has 0 aromatic heterocycles. The minimum Gasteiger partial charge on any atom is -0.357 e. The Morgan fingerprint density at radius 1 is 1.53 bits per heavy atom. The monoisotopic (exact) mass is 239 g/mol. The van der Waals surface area contributed by atoms with Crippen molar-refractivity contribution in [2.45, 2.75) is 6.29 Å². The zero-order valence-electron chi connectivity index (χ0n) is 9.76. The Kier molecular flexibility index (Phi) is 3.72. The number of hydroxylamine groups is 1. The first kappa shape index (κ1) is 12.0. The first-order valence-electron chi connectivity index (χ1n) is 5.57. The first-order valence-corrected chi connectivity index (χ1v) is 5.57. The van der Waals surface area contributed by atoms with Crippen LogP contribution in [-0.2, 0) is 4.79 Å². The molecule has 0 aromatic rings. The topological polar surface area (TPSA) is 80.2 Å². The molecule has 0 radical (unpaired) electrons. The number of hydrogen-bond donors (Lipinski definition) is 3. The quantitative estimate of drug-likeness (QED) is 0.407. The van der Waals surface area contributed by atoms with E-state index in [-0.39, 0.29) is 6.29 Å². The fourth-order valence-electron chi connectivity index (χ4n) is 1.85. The van der Waals surface area contributed by atoms with Crippen molar-refractivity contribution in [3.05, 3.63) is 11.8 Å². The third-order valence-electron chi connectivity index (χ3n) is 2.99. The van der Waals surface area contributed by atoms with Crippen LogP contribution in [0.15, 0.2) is 16.8 Å². The van der Waals surface area contributed by atoms with E-state index in [1.807, 2.05) is 0 Å². The van der Waals surface area contributed by atoms with Crippen LogP contribution >= 0.6 is 0 Å². The van der Waals surface area contributed by atoms with Gasteiger partial charge in [0.2, 0.25) is 0 Å². The molecule has 1 fully saturated rings. The van der Waals surface area contributed by atoms with Crippen molar-refractivity contribution in [2.75, 3.05) is 33.2 Å². The highest BCUT2D eigenvalue weighted by Gasteiger charge is 2.23. The van der Waals surface area contributed by atoms with Crippen molar-refractivity contribution >= 4 is 12.1 Å². The summed E-state index contributed by atoms with van der Waals surface area (Å²) in [7, 11) is 2.10. The van der Waals surface area contributed by atoms with Gasteiger partial charge in [0.25, 0.3) is 5.91 Å². The van der Waals surface area contributed by atoms with Gasteiger partial charge in [-0.25, -0.2) is 5.48 Å². The number of piperazine rings is 1. The number of hydrogen-bond acceptors (Lipinski definition) is 6. The summed E-state index contributed by atoms with van der Waals surface area (Å²) in [6, 6.07) is 0. The van der Waals surface area contributed by atoms with Gasteiger partial charge in [-0.3, -0.25) is 19.9 Å². The molecule has 0 saturated carbocycles. The highest BCUT2D eigenvalue weighted by Crippen LogP contribution is 2.07. The molecule has 2 rings (SSSR count). The first-order chi connectivity index (χ1) is 8.20. The molecule has 3 N–H and O–H groups in total. The van der Waals surface area contributed by atoms with Gasteiger partial charge < -0.3 is 10.2 Å². The third kappa shape index (κ3) is 2.82. The van der Waals surface area contributed by atoms with E-state index in [1.165, 1.54) is 6.21 Å². The molecule has 1 saturated heterocycles. The average Bonchev–Trinajstić information content (AvgIpc) is 2.39. The van der Waals surface area contributed by atoms with Crippen LogP contribution in [0.4, 0.5) is 0 Å². The summed E-state index contributed by atoms with van der Waals surface area (Å²) in [4.78, 5) is 19.8. The second-order valence-electron chi connectivity index (χ2n) is 4.20. The largest absolute Gasteiger partial charge is 0.357 e. The summed E-state index contributed by atoms with van der Waals surface area (Å²) in [6.07, 6.45) is 2.94. The molecule has 2 aliphatic rings. The Labute approximate surface area is 99.7 Å². The molecular formula is C10H17N5O2. The molecule has 7 nitrogen and oxygen atoms in total. The molecule has 7 heteroatoms. The van der Waals surface area contributed by atoms with Gasteiger partial charge in [-0.15, -0.1) is 0 Å². The minimum absolute atomic E-state index is 0.112. The molecule has 2 aliphatic heterocycles. The molecule has 1 amide bonds. The number of nitrogens with one attached hydrogen (secondary N) is 2. The van der Waals surface area contributed by atoms with Crippen LogP contribution in [0.2, 0.25) is 0 Å². The van der Waals surface area contributed by atoms with E-state index in [4.69, 9.17) is 5.21 Å². The molecule has 94 valence electrons. The summed E-state index contributed by atoms with van der Waals surface area (Å²) in [5, 5.41) is 11.5. The van der Waals surface area contributed by atoms with Crippen LogP contribution in [0.3, 0.4) is 0 Å². The third-order valence-corrected chi connectivity index (χ3v) is 2.99. The molecule has 0 aromatic carbocycles. The van der Waals surface area contributed by atoms with E-state index in [0.717, 1.165) is 26.2 Å². The summed E-state index contributed by atoms with van der Waals surface area (Å²) in [5.41, 5.74) is 1.89. The van der Waals surface area contributed by atoms with E-state index in [0.29, 0.717) is 5.57 Å². The highest BCUT2D eigenvalue weighted by atomic mass is 16.5. The van der Waals surface area contributed by atoms with Gasteiger partial charge in [0.1, 0.15) is 0 Å². The van der Waals surface area contributed by atoms with E-state index in [9.17, 15) is 4.79 Å². The van der Waals surface area contributed by atoms with Crippen LogP contribution in [-0.4, -0.2) is 66.6 Å². The molecule has 17 heavy (non-hydrogen) atoms. The van der Waals surface area contributed by atoms with Crippen molar-refractivity contribution in [3.63, 3.8) is 0 Å².